The highest BCUT2D eigenvalue weighted by Gasteiger charge is 2.53. The molecule has 0 N–H and O–H groups in total. The van der Waals surface area contributed by atoms with Crippen LogP contribution in [0.15, 0.2) is 0 Å². The predicted molar refractivity (Wildman–Crippen MR) is 438 cm³/mol. The first kappa shape index (κ1) is 152. The Kier molecular flexibility index (Phi) is 133. The average Bonchev–Trinajstić information content (AvgIpc) is 3.82. The summed E-state index contributed by atoms with van der Waals surface area (Å²) < 4.78 is 0. The number of hydrogen-bond acceptors (Lipinski definition) is 5. The summed E-state index contributed by atoms with van der Waals surface area (Å²) in [7, 11) is 2.20. The quantitative estimate of drug-likeness (QED) is 0.204. The molecule has 6 rings (SSSR count). The molecule has 0 aromatic rings. The Labute approximate surface area is 568 Å². The number of likely N-dealkylation sites (tertiary alicyclic amines) is 4. The molecule has 0 radical (unpaired) electrons. The van der Waals surface area contributed by atoms with Crippen LogP contribution in [-0.4, -0.2) is 118 Å². The van der Waals surface area contributed by atoms with Gasteiger partial charge in [-0.05, 0) is 208 Å². The van der Waals surface area contributed by atoms with Gasteiger partial charge in [0.15, 0.2) is 0 Å². The van der Waals surface area contributed by atoms with Crippen LogP contribution in [0.2, 0.25) is 0 Å². The van der Waals surface area contributed by atoms with E-state index < -0.39 is 0 Å². The minimum absolute atomic E-state index is 0. The molecule has 5 heteroatoms. The summed E-state index contributed by atoms with van der Waals surface area (Å²) in [4.78, 5) is 13.2. The highest BCUT2D eigenvalue weighted by Crippen LogP contribution is 2.57. The fourth-order valence-electron chi connectivity index (χ4n) is 11.1. The molecule has 4 heterocycles. The second-order valence-electron chi connectivity index (χ2n) is 24.6. The van der Waals surface area contributed by atoms with Crippen LogP contribution in [0.4, 0.5) is 0 Å². The van der Waals surface area contributed by atoms with Gasteiger partial charge in [-0.2, -0.15) is 0 Å². The van der Waals surface area contributed by atoms with Crippen molar-refractivity contribution in [3.63, 3.8) is 0 Å². The van der Waals surface area contributed by atoms with Gasteiger partial charge < -0.3 is 0 Å². The third kappa shape index (κ3) is 51.3. The maximum Gasteiger partial charge on any atom is 0.0175 e. The minimum atomic E-state index is 0. The Morgan fingerprint density at radius 2 is 0.523 bits per heavy atom. The largest absolute Gasteiger partial charge is 0.299 e. The van der Waals surface area contributed by atoms with Gasteiger partial charge in [0.1, 0.15) is 0 Å². The highest BCUT2D eigenvalue weighted by atomic mass is 15.2. The molecule has 0 amide bonds. The van der Waals surface area contributed by atoms with Gasteiger partial charge in [-0.25, -0.2) is 0 Å². The molecule has 5 nitrogen and oxygen atoms in total. The second kappa shape index (κ2) is 75.5. The van der Waals surface area contributed by atoms with E-state index in [1.54, 1.807) is 0 Å². The van der Waals surface area contributed by atoms with Crippen molar-refractivity contribution >= 4 is 0 Å². The first-order valence-corrected chi connectivity index (χ1v) is 29.9. The van der Waals surface area contributed by atoms with E-state index >= 15 is 0 Å². The summed E-state index contributed by atoms with van der Waals surface area (Å²) in [6.45, 7) is 72.5. The van der Waals surface area contributed by atoms with Crippen molar-refractivity contribution in [2.75, 3.05) is 33.2 Å². The lowest BCUT2D eigenvalue weighted by Crippen LogP contribution is -2.48. The Morgan fingerprint density at radius 1 is 0.326 bits per heavy atom. The lowest BCUT2D eigenvalue weighted by molar-refractivity contribution is 0.0756. The van der Waals surface area contributed by atoms with E-state index in [0.717, 1.165) is 82.8 Å². The molecule has 0 aromatic heterocycles. The predicted octanol–water partition coefficient (Wildman–Crippen LogP) is 29.8. The molecule has 4 atom stereocenters. The van der Waals surface area contributed by atoms with Gasteiger partial charge in [-0.1, -0.05) is 266 Å². The molecule has 2 aliphatic carbocycles. The molecule has 560 valence electrons. The zero-order chi connectivity index (χ0) is 53.4. The van der Waals surface area contributed by atoms with Crippen LogP contribution in [0.5, 0.6) is 0 Å². The van der Waals surface area contributed by atoms with E-state index in [0.29, 0.717) is 17.5 Å². The monoisotopic (exact) mass is 1250 g/mol. The van der Waals surface area contributed by atoms with Gasteiger partial charge in [-0.15, -0.1) is 0 Å². The number of rotatable bonds is 11. The molecule has 6 aliphatic rings. The standard InChI is InChI=1S/2C12H23N.2C10H21N.C10H23N.4C2H6.19CH4/c2*1-9(2)11-7-12(5-6-12)8-13(11)10(3)4;2*1-8(2)10-6-5-7-11(10)9(3)4;1-8(2)10(5,6)11(7)9(3)4;4*1-2;;;;;;;;;;;;;;;;;;;/h2*9-11H,5-8H2,1-4H3;2*8-10H,5-7H2,1-4H3;8-9H,1-7H3;4*1-2H3;19*1H4. The van der Waals surface area contributed by atoms with Gasteiger partial charge in [0.05, 0.1) is 0 Å². The highest BCUT2D eigenvalue weighted by molar-refractivity contribution is 5.07. The van der Waals surface area contributed by atoms with Crippen LogP contribution < -0.4 is 0 Å². The van der Waals surface area contributed by atoms with Crippen LogP contribution in [0.1, 0.15) is 413 Å². The molecule has 0 aromatic carbocycles. The number of hydrogen-bond donors (Lipinski definition) is 0. The van der Waals surface area contributed by atoms with E-state index in [2.05, 4.69) is 184 Å². The fourth-order valence-corrected chi connectivity index (χ4v) is 11.1. The molecule has 0 bridgehead atoms. The van der Waals surface area contributed by atoms with Gasteiger partial charge in [0.2, 0.25) is 0 Å². The molecule has 4 aliphatic heterocycles. The fraction of sp³-hybridized carbons (Fsp3) is 1.00. The molecular weight excluding hydrogens is 1040 g/mol. The molecule has 4 saturated heterocycles. The van der Waals surface area contributed by atoms with Crippen molar-refractivity contribution in [2.45, 2.75) is 473 Å². The van der Waals surface area contributed by atoms with Gasteiger partial charge in [0.25, 0.3) is 0 Å². The van der Waals surface area contributed by atoms with E-state index in [1.165, 1.54) is 90.4 Å². The summed E-state index contributed by atoms with van der Waals surface area (Å²) >= 11 is 0. The first-order valence-electron chi connectivity index (χ1n) is 29.9. The van der Waals surface area contributed by atoms with Crippen molar-refractivity contribution < 1.29 is 0 Å². The third-order valence-corrected chi connectivity index (χ3v) is 16.6. The minimum Gasteiger partial charge on any atom is -0.299 e. The van der Waals surface area contributed by atoms with E-state index in [4.69, 9.17) is 0 Å². The number of nitrogens with zero attached hydrogens (tertiary/aromatic N) is 5. The first-order chi connectivity index (χ1) is 31.1. The molecule has 2 spiro atoms. The van der Waals surface area contributed by atoms with Gasteiger partial charge in [0, 0.05) is 73.0 Å². The average molecular weight is 1260 g/mol. The molecule has 2 saturated carbocycles. The molecule has 86 heavy (non-hydrogen) atoms. The van der Waals surface area contributed by atoms with Crippen LogP contribution >= 0.6 is 0 Å². The van der Waals surface area contributed by atoms with Crippen molar-refractivity contribution in [3.05, 3.63) is 0 Å². The Hall–Kier alpha value is -0.200. The normalized spacial score (nSPS) is 18.8. The van der Waals surface area contributed by atoms with Crippen molar-refractivity contribution in [2.24, 2.45) is 40.4 Å². The lowest BCUT2D eigenvalue weighted by Gasteiger charge is -2.41. The Morgan fingerprint density at radius 3 is 0.628 bits per heavy atom. The van der Waals surface area contributed by atoms with E-state index in [-0.39, 0.29) is 141 Å². The van der Waals surface area contributed by atoms with Crippen molar-refractivity contribution in [3.8, 4) is 0 Å². The second-order valence-corrected chi connectivity index (χ2v) is 24.6. The summed E-state index contributed by atoms with van der Waals surface area (Å²) in [5, 5.41) is 0. The zero-order valence-electron chi connectivity index (χ0n) is 52.7. The van der Waals surface area contributed by atoms with E-state index in [1.807, 2.05) is 55.4 Å². The van der Waals surface area contributed by atoms with Gasteiger partial charge >= 0.3 is 0 Å². The maximum absolute atomic E-state index is 2.73. The Balaban J connectivity index is -0.0000000275. The third-order valence-electron chi connectivity index (χ3n) is 16.6. The van der Waals surface area contributed by atoms with Crippen LogP contribution in [0, 0.1) is 40.4 Å². The molecular formula is C81H211N5. The molecule has 4 unspecified atom stereocenters. The topological polar surface area (TPSA) is 16.2 Å². The van der Waals surface area contributed by atoms with E-state index in [9.17, 15) is 0 Å². The lowest BCUT2D eigenvalue weighted by atomic mass is 9.88. The van der Waals surface area contributed by atoms with Crippen molar-refractivity contribution in [1.29, 1.82) is 0 Å². The van der Waals surface area contributed by atoms with Gasteiger partial charge in [-0.3, -0.25) is 24.5 Å². The zero-order valence-corrected chi connectivity index (χ0v) is 52.7. The van der Waals surface area contributed by atoms with Crippen LogP contribution in [-0.2, 0) is 0 Å². The summed E-state index contributed by atoms with van der Waals surface area (Å²) in [5.41, 5.74) is 1.87. The summed E-state index contributed by atoms with van der Waals surface area (Å²) in [6.07, 6.45) is 14.6. The van der Waals surface area contributed by atoms with Crippen LogP contribution in [0.25, 0.3) is 0 Å². The smallest absolute Gasteiger partial charge is 0.0175 e. The Bertz CT molecular complexity index is 995. The summed E-state index contributed by atoms with van der Waals surface area (Å²) in [5.74, 6) is 4.04. The SMILES string of the molecule is C.C.C.C.C.C.C.C.C.C.C.C.C.C.C.C.C.C.C.CC.CC.CC.CC.CC(C)C1CC2(CC2)CN1C(C)C.CC(C)C1CC2(CC2)CN1C(C)C.CC(C)C1CCCN1C(C)C.CC(C)C1CCCN1C(C)C.CC(C)N(C)C(C)(C)C(C)C. The van der Waals surface area contributed by atoms with Crippen molar-refractivity contribution in [1.82, 2.24) is 24.5 Å². The van der Waals surface area contributed by atoms with Crippen LogP contribution in [0.3, 0.4) is 0 Å². The summed E-state index contributed by atoms with van der Waals surface area (Å²) in [6, 6.07) is 7.04. The molecule has 6 fully saturated rings. The maximum atomic E-state index is 2.73.